The monoisotopic (exact) mass is 318 g/mol. The second-order valence-corrected chi connectivity index (χ2v) is 5.92. The van der Waals surface area contributed by atoms with E-state index in [1.165, 1.54) is 6.26 Å². The van der Waals surface area contributed by atoms with Crippen LogP contribution in [0.25, 0.3) is 0 Å². The van der Waals surface area contributed by atoms with Crippen molar-refractivity contribution in [1.29, 1.82) is 0 Å². The largest absolute Gasteiger partial charge is 0.459 e. The summed E-state index contributed by atoms with van der Waals surface area (Å²) < 4.78 is 5.17. The van der Waals surface area contributed by atoms with E-state index in [2.05, 4.69) is 5.32 Å². The number of amides is 1. The summed E-state index contributed by atoms with van der Waals surface area (Å²) in [6, 6.07) is 11.7. The Kier molecular flexibility index (Phi) is 4.80. The van der Waals surface area contributed by atoms with E-state index in [1.54, 1.807) is 12.1 Å². The van der Waals surface area contributed by atoms with E-state index in [9.17, 15) is 4.79 Å². The molecule has 5 heteroatoms. The van der Waals surface area contributed by atoms with Crippen molar-refractivity contribution in [3.8, 4) is 0 Å². The lowest BCUT2D eigenvalue weighted by Gasteiger charge is -2.32. The van der Waals surface area contributed by atoms with Gasteiger partial charge in [-0.25, -0.2) is 0 Å². The molecule has 2 heterocycles. The zero-order valence-electron chi connectivity index (χ0n) is 12.3. The van der Waals surface area contributed by atoms with Crippen LogP contribution in [0.2, 0.25) is 5.02 Å². The molecule has 22 heavy (non-hydrogen) atoms. The smallest absolute Gasteiger partial charge is 0.289 e. The van der Waals surface area contributed by atoms with Crippen LogP contribution >= 0.6 is 11.6 Å². The first-order chi connectivity index (χ1) is 10.7. The number of benzene rings is 1. The van der Waals surface area contributed by atoms with E-state index >= 15 is 0 Å². The SMILES string of the molecule is O=C(c1ccco1)N1CCC(NCc2ccccc2Cl)CC1. The molecule has 3 rings (SSSR count). The Balaban J connectivity index is 1.48. The number of nitrogens with zero attached hydrogens (tertiary/aromatic N) is 1. The Bertz CT molecular complexity index is 619. The highest BCUT2D eigenvalue weighted by molar-refractivity contribution is 6.31. The molecule has 1 aromatic heterocycles. The van der Waals surface area contributed by atoms with Crippen molar-refractivity contribution >= 4 is 17.5 Å². The molecule has 1 saturated heterocycles. The third kappa shape index (κ3) is 3.51. The Hall–Kier alpha value is -1.78. The van der Waals surface area contributed by atoms with Gasteiger partial charge in [0.15, 0.2) is 5.76 Å². The van der Waals surface area contributed by atoms with E-state index in [-0.39, 0.29) is 5.91 Å². The number of rotatable bonds is 4. The minimum Gasteiger partial charge on any atom is -0.459 e. The number of carbonyl (C=O) groups is 1. The van der Waals surface area contributed by atoms with Gasteiger partial charge >= 0.3 is 0 Å². The van der Waals surface area contributed by atoms with Gasteiger partial charge in [-0.05, 0) is 36.6 Å². The summed E-state index contributed by atoms with van der Waals surface area (Å²) in [5, 5.41) is 4.32. The standard InChI is InChI=1S/C17H19ClN2O2/c18-15-5-2-1-4-13(15)12-19-14-7-9-20(10-8-14)17(21)16-6-3-11-22-16/h1-6,11,14,19H,7-10,12H2. The number of furan rings is 1. The molecule has 0 unspecified atom stereocenters. The normalized spacial score (nSPS) is 16.0. The van der Waals surface area contributed by atoms with E-state index in [1.807, 2.05) is 29.2 Å². The molecule has 0 aliphatic carbocycles. The van der Waals surface area contributed by atoms with Crippen LogP contribution in [0.1, 0.15) is 29.0 Å². The number of carbonyl (C=O) groups excluding carboxylic acids is 1. The molecule has 0 atom stereocenters. The first-order valence-electron chi connectivity index (χ1n) is 7.53. The summed E-state index contributed by atoms with van der Waals surface area (Å²) in [6.45, 7) is 2.26. The molecule has 1 N–H and O–H groups in total. The van der Waals surface area contributed by atoms with Crippen LogP contribution in [0, 0.1) is 0 Å². The summed E-state index contributed by atoms with van der Waals surface area (Å²) in [7, 11) is 0. The highest BCUT2D eigenvalue weighted by Crippen LogP contribution is 2.17. The number of hydrogen-bond acceptors (Lipinski definition) is 3. The van der Waals surface area contributed by atoms with Gasteiger partial charge in [0.25, 0.3) is 5.91 Å². The molecule has 2 aromatic rings. The minimum atomic E-state index is -0.0189. The maximum absolute atomic E-state index is 12.2. The highest BCUT2D eigenvalue weighted by atomic mass is 35.5. The summed E-state index contributed by atoms with van der Waals surface area (Å²) >= 11 is 6.16. The Labute approximate surface area is 135 Å². The second kappa shape index (κ2) is 6.99. The van der Waals surface area contributed by atoms with Crippen molar-refractivity contribution in [2.75, 3.05) is 13.1 Å². The number of hydrogen-bond donors (Lipinski definition) is 1. The van der Waals surface area contributed by atoms with Gasteiger partial charge in [0.2, 0.25) is 0 Å². The molecule has 1 aliphatic heterocycles. The number of piperidine rings is 1. The first kappa shape index (κ1) is 15.1. The van der Waals surface area contributed by atoms with Crippen LogP contribution in [0.4, 0.5) is 0 Å². The van der Waals surface area contributed by atoms with Gasteiger partial charge in [0.05, 0.1) is 6.26 Å². The van der Waals surface area contributed by atoms with Crippen LogP contribution in [0.5, 0.6) is 0 Å². The summed E-state index contributed by atoms with van der Waals surface area (Å²) in [5.74, 6) is 0.400. The molecule has 1 fully saturated rings. The van der Waals surface area contributed by atoms with Crippen molar-refractivity contribution in [2.24, 2.45) is 0 Å². The van der Waals surface area contributed by atoms with Crippen molar-refractivity contribution < 1.29 is 9.21 Å². The topological polar surface area (TPSA) is 45.5 Å². The Morgan fingerprint density at radius 2 is 2.00 bits per heavy atom. The van der Waals surface area contributed by atoms with Crippen LogP contribution in [-0.2, 0) is 6.54 Å². The van der Waals surface area contributed by atoms with Gasteiger partial charge in [-0.1, -0.05) is 29.8 Å². The zero-order valence-corrected chi connectivity index (χ0v) is 13.1. The molecule has 4 nitrogen and oxygen atoms in total. The van der Waals surface area contributed by atoms with Gasteiger partial charge < -0.3 is 14.6 Å². The zero-order chi connectivity index (χ0) is 15.4. The second-order valence-electron chi connectivity index (χ2n) is 5.52. The van der Waals surface area contributed by atoms with Gasteiger partial charge in [-0.15, -0.1) is 0 Å². The lowest BCUT2D eigenvalue weighted by Crippen LogP contribution is -2.44. The van der Waals surface area contributed by atoms with E-state index in [4.69, 9.17) is 16.0 Å². The molecule has 0 bridgehead atoms. The average molecular weight is 319 g/mol. The van der Waals surface area contributed by atoms with Crippen LogP contribution in [0.3, 0.4) is 0 Å². The van der Waals surface area contributed by atoms with Gasteiger partial charge in [-0.2, -0.15) is 0 Å². The molecule has 0 saturated carbocycles. The van der Waals surface area contributed by atoms with Crippen molar-refractivity contribution in [3.05, 3.63) is 59.0 Å². The van der Waals surface area contributed by atoms with Crippen molar-refractivity contribution in [2.45, 2.75) is 25.4 Å². The molecule has 1 amide bonds. The van der Waals surface area contributed by atoms with Gasteiger partial charge in [-0.3, -0.25) is 4.79 Å². The lowest BCUT2D eigenvalue weighted by atomic mass is 10.0. The molecular weight excluding hydrogens is 300 g/mol. The molecule has 1 aliphatic rings. The fourth-order valence-corrected chi connectivity index (χ4v) is 2.94. The van der Waals surface area contributed by atoms with Crippen molar-refractivity contribution in [1.82, 2.24) is 10.2 Å². The number of nitrogens with one attached hydrogen (secondary N) is 1. The quantitative estimate of drug-likeness (QED) is 0.940. The first-order valence-corrected chi connectivity index (χ1v) is 7.91. The summed E-state index contributed by atoms with van der Waals surface area (Å²) in [5.41, 5.74) is 1.11. The maximum atomic E-state index is 12.2. The molecule has 0 radical (unpaired) electrons. The van der Waals surface area contributed by atoms with Gasteiger partial charge in [0.1, 0.15) is 0 Å². The fraction of sp³-hybridized carbons (Fsp3) is 0.353. The molecular formula is C17H19ClN2O2. The third-order valence-corrected chi connectivity index (χ3v) is 4.42. The van der Waals surface area contributed by atoms with Crippen LogP contribution in [0.15, 0.2) is 47.1 Å². The lowest BCUT2D eigenvalue weighted by molar-refractivity contribution is 0.0672. The number of halogens is 1. The van der Waals surface area contributed by atoms with E-state index in [0.717, 1.165) is 43.1 Å². The predicted octanol–water partition coefficient (Wildman–Crippen LogP) is 3.33. The molecule has 0 spiro atoms. The summed E-state index contributed by atoms with van der Waals surface area (Å²) in [6.07, 6.45) is 3.42. The predicted molar refractivity (Wildman–Crippen MR) is 85.9 cm³/mol. The van der Waals surface area contributed by atoms with E-state index in [0.29, 0.717) is 11.8 Å². The Morgan fingerprint density at radius 1 is 1.23 bits per heavy atom. The molecule has 116 valence electrons. The Morgan fingerprint density at radius 3 is 2.68 bits per heavy atom. The average Bonchev–Trinajstić information content (AvgIpc) is 3.08. The van der Waals surface area contributed by atoms with Crippen LogP contribution in [-0.4, -0.2) is 29.9 Å². The van der Waals surface area contributed by atoms with E-state index < -0.39 is 0 Å². The fourth-order valence-electron chi connectivity index (χ4n) is 2.74. The van der Waals surface area contributed by atoms with Gasteiger partial charge in [0, 0.05) is 30.7 Å². The molecule has 1 aromatic carbocycles. The number of likely N-dealkylation sites (tertiary alicyclic amines) is 1. The highest BCUT2D eigenvalue weighted by Gasteiger charge is 2.24. The minimum absolute atomic E-state index is 0.0189. The van der Waals surface area contributed by atoms with Crippen molar-refractivity contribution in [3.63, 3.8) is 0 Å². The summed E-state index contributed by atoms with van der Waals surface area (Å²) in [4.78, 5) is 14.0. The van der Waals surface area contributed by atoms with Crippen LogP contribution < -0.4 is 5.32 Å². The maximum Gasteiger partial charge on any atom is 0.289 e. The third-order valence-electron chi connectivity index (χ3n) is 4.05.